The number of hydrogen-bond acceptors (Lipinski definition) is 7. The quantitative estimate of drug-likeness (QED) is 0.852. The number of rotatable bonds is 3. The van der Waals surface area contributed by atoms with Crippen molar-refractivity contribution in [2.45, 2.75) is 9.37 Å². The third kappa shape index (κ3) is 2.12. The molecular weight excluding hydrogens is 248 g/mol. The Labute approximate surface area is 98.7 Å². The molecule has 16 heavy (non-hydrogen) atoms. The zero-order valence-electron chi connectivity index (χ0n) is 7.82. The monoisotopic (exact) mass is 254 g/mol. The topological polar surface area (TPSA) is 102 Å². The molecular formula is C8H6N4O2S2. The lowest BCUT2D eigenvalue weighted by Gasteiger charge is -2.04. The second-order valence-electron chi connectivity index (χ2n) is 2.69. The number of carboxylic acid groups (broad SMARTS) is 1. The minimum atomic E-state index is -1.07. The second-order valence-corrected chi connectivity index (χ2v) is 4.71. The summed E-state index contributed by atoms with van der Waals surface area (Å²) in [5.41, 5.74) is 5.88. The highest BCUT2D eigenvalue weighted by atomic mass is 32.2. The number of nitrogen functional groups attached to an aromatic ring is 1. The van der Waals surface area contributed by atoms with Gasteiger partial charge >= 0.3 is 5.97 Å². The summed E-state index contributed by atoms with van der Waals surface area (Å²) in [6.45, 7) is 0. The van der Waals surface area contributed by atoms with Crippen LogP contribution < -0.4 is 5.73 Å². The first kappa shape index (κ1) is 10.8. The predicted molar refractivity (Wildman–Crippen MR) is 59.6 cm³/mol. The zero-order chi connectivity index (χ0) is 11.5. The number of nitrogens with two attached hydrogens (primary N) is 1. The molecule has 0 spiro atoms. The van der Waals surface area contributed by atoms with Crippen molar-refractivity contribution in [3.63, 3.8) is 0 Å². The first-order chi connectivity index (χ1) is 7.68. The van der Waals surface area contributed by atoms with Crippen LogP contribution in [-0.4, -0.2) is 25.4 Å². The Morgan fingerprint density at radius 2 is 2.31 bits per heavy atom. The Bertz CT molecular complexity index is 515. The fourth-order valence-corrected chi connectivity index (χ4v) is 2.40. The second kappa shape index (κ2) is 4.45. The molecule has 0 atom stereocenters. The van der Waals surface area contributed by atoms with Gasteiger partial charge in [-0.25, -0.2) is 14.8 Å². The molecule has 2 aromatic rings. The van der Waals surface area contributed by atoms with E-state index in [4.69, 9.17) is 10.8 Å². The van der Waals surface area contributed by atoms with Gasteiger partial charge in [0.2, 0.25) is 0 Å². The molecule has 0 radical (unpaired) electrons. The minimum absolute atomic E-state index is 0.0435. The SMILES string of the molecule is Nc1c(C(=O)O)ccnc1Sc1ncns1. The van der Waals surface area contributed by atoms with Gasteiger partial charge in [-0.1, -0.05) is 0 Å². The van der Waals surface area contributed by atoms with Crippen LogP contribution in [-0.2, 0) is 0 Å². The van der Waals surface area contributed by atoms with Crippen LogP contribution in [0.1, 0.15) is 10.4 Å². The van der Waals surface area contributed by atoms with Gasteiger partial charge in [-0.3, -0.25) is 0 Å². The van der Waals surface area contributed by atoms with Gasteiger partial charge in [0.05, 0.1) is 11.3 Å². The summed E-state index contributed by atoms with van der Waals surface area (Å²) in [4.78, 5) is 18.8. The molecule has 82 valence electrons. The molecule has 0 amide bonds. The first-order valence-electron chi connectivity index (χ1n) is 4.11. The fourth-order valence-electron chi connectivity index (χ4n) is 1.01. The highest BCUT2D eigenvalue weighted by Gasteiger charge is 2.14. The number of carbonyl (C=O) groups is 1. The molecule has 0 aliphatic heterocycles. The van der Waals surface area contributed by atoms with Gasteiger partial charge in [0.1, 0.15) is 11.4 Å². The Balaban J connectivity index is 2.35. The lowest BCUT2D eigenvalue weighted by atomic mass is 10.2. The van der Waals surface area contributed by atoms with E-state index in [-0.39, 0.29) is 11.3 Å². The van der Waals surface area contributed by atoms with E-state index < -0.39 is 5.97 Å². The molecule has 2 heterocycles. The summed E-state index contributed by atoms with van der Waals surface area (Å²) in [6.07, 6.45) is 2.83. The van der Waals surface area contributed by atoms with Crippen molar-refractivity contribution < 1.29 is 9.90 Å². The van der Waals surface area contributed by atoms with Crippen molar-refractivity contribution in [1.82, 2.24) is 14.3 Å². The van der Waals surface area contributed by atoms with Gasteiger partial charge in [0.25, 0.3) is 0 Å². The smallest absolute Gasteiger partial charge is 0.337 e. The van der Waals surface area contributed by atoms with Crippen molar-refractivity contribution in [3.05, 3.63) is 24.2 Å². The van der Waals surface area contributed by atoms with Gasteiger partial charge in [-0.15, -0.1) is 0 Å². The highest BCUT2D eigenvalue weighted by molar-refractivity contribution is 8.01. The van der Waals surface area contributed by atoms with Gasteiger partial charge in [0.15, 0.2) is 4.34 Å². The summed E-state index contributed by atoms with van der Waals surface area (Å²) >= 11 is 2.40. The third-order valence-corrected chi connectivity index (χ3v) is 3.44. The number of nitrogens with zero attached hydrogens (tertiary/aromatic N) is 3. The Morgan fingerprint density at radius 3 is 2.94 bits per heavy atom. The molecule has 0 aliphatic carbocycles. The van der Waals surface area contributed by atoms with Crippen LogP contribution in [0.3, 0.4) is 0 Å². The Kier molecular flexibility index (Phi) is 3.02. The molecule has 0 fully saturated rings. The van der Waals surface area contributed by atoms with Gasteiger partial charge in [-0.2, -0.15) is 4.37 Å². The predicted octanol–water partition coefficient (Wildman–Crippen LogP) is 1.36. The van der Waals surface area contributed by atoms with Crippen molar-refractivity contribution in [2.24, 2.45) is 0 Å². The van der Waals surface area contributed by atoms with E-state index in [1.54, 1.807) is 0 Å². The van der Waals surface area contributed by atoms with Crippen molar-refractivity contribution in [1.29, 1.82) is 0 Å². The summed E-state index contributed by atoms with van der Waals surface area (Å²) in [6, 6.07) is 1.36. The van der Waals surface area contributed by atoms with Crippen molar-refractivity contribution >= 4 is 35.0 Å². The van der Waals surface area contributed by atoms with Crippen molar-refractivity contribution in [3.8, 4) is 0 Å². The number of carboxylic acids is 1. The first-order valence-corrected chi connectivity index (χ1v) is 5.70. The van der Waals surface area contributed by atoms with Gasteiger partial charge in [-0.05, 0) is 29.4 Å². The van der Waals surface area contributed by atoms with Crippen molar-refractivity contribution in [2.75, 3.05) is 5.73 Å². The largest absolute Gasteiger partial charge is 0.478 e. The van der Waals surface area contributed by atoms with Gasteiger partial charge < -0.3 is 10.8 Å². The number of pyridine rings is 1. The average Bonchev–Trinajstić information content (AvgIpc) is 2.73. The fraction of sp³-hybridized carbons (Fsp3) is 0. The standard InChI is InChI=1S/C8H6N4O2S2/c9-5-4(7(13)14)1-2-10-6(5)15-8-11-3-12-16-8/h1-3H,9H2,(H,13,14). The minimum Gasteiger partial charge on any atom is -0.478 e. The molecule has 6 nitrogen and oxygen atoms in total. The normalized spacial score (nSPS) is 10.2. The number of anilines is 1. The van der Waals surface area contributed by atoms with Crippen LogP contribution in [0.25, 0.3) is 0 Å². The lowest BCUT2D eigenvalue weighted by Crippen LogP contribution is -2.04. The van der Waals surface area contributed by atoms with Crippen LogP contribution in [0, 0.1) is 0 Å². The maximum absolute atomic E-state index is 10.8. The van der Waals surface area contributed by atoms with E-state index in [0.717, 1.165) is 0 Å². The van der Waals surface area contributed by atoms with Crippen LogP contribution in [0.15, 0.2) is 28.0 Å². The maximum Gasteiger partial charge on any atom is 0.337 e. The molecule has 2 rings (SSSR count). The number of aromatic carboxylic acids is 1. The van der Waals surface area contributed by atoms with E-state index >= 15 is 0 Å². The number of aromatic nitrogens is 3. The van der Waals surface area contributed by atoms with Crippen LogP contribution >= 0.6 is 23.3 Å². The summed E-state index contributed by atoms with van der Waals surface area (Å²) in [5, 5.41) is 9.30. The molecule has 0 aliphatic rings. The Hall–Kier alpha value is -1.67. The average molecular weight is 254 g/mol. The molecule has 3 N–H and O–H groups in total. The maximum atomic E-state index is 10.8. The van der Waals surface area contributed by atoms with E-state index in [9.17, 15) is 4.79 Å². The summed E-state index contributed by atoms with van der Waals surface area (Å²) in [5.74, 6) is -1.07. The van der Waals surface area contributed by atoms with Crippen LogP contribution in [0.5, 0.6) is 0 Å². The van der Waals surface area contributed by atoms with Crippen LogP contribution in [0.2, 0.25) is 0 Å². The summed E-state index contributed by atoms with van der Waals surface area (Å²) in [7, 11) is 0. The van der Waals surface area contributed by atoms with E-state index in [1.165, 1.54) is 41.9 Å². The Morgan fingerprint density at radius 1 is 1.50 bits per heavy atom. The van der Waals surface area contributed by atoms with E-state index in [1.807, 2.05) is 0 Å². The summed E-state index contributed by atoms with van der Waals surface area (Å²) < 4.78 is 4.50. The molecule has 0 unspecified atom stereocenters. The molecule has 2 aromatic heterocycles. The lowest BCUT2D eigenvalue weighted by molar-refractivity contribution is 0.0697. The molecule has 0 saturated carbocycles. The van der Waals surface area contributed by atoms with E-state index in [2.05, 4.69) is 14.3 Å². The van der Waals surface area contributed by atoms with Crippen LogP contribution in [0.4, 0.5) is 5.69 Å². The highest BCUT2D eigenvalue weighted by Crippen LogP contribution is 2.32. The van der Waals surface area contributed by atoms with E-state index in [0.29, 0.717) is 9.37 Å². The molecule has 0 bridgehead atoms. The third-order valence-electron chi connectivity index (χ3n) is 1.71. The number of hydrogen-bond donors (Lipinski definition) is 2. The van der Waals surface area contributed by atoms with Gasteiger partial charge in [0, 0.05) is 6.20 Å². The zero-order valence-corrected chi connectivity index (χ0v) is 9.46. The molecule has 8 heteroatoms. The molecule has 0 saturated heterocycles. The molecule has 0 aromatic carbocycles.